The molecule has 0 amide bonds. The third-order valence-corrected chi connectivity index (χ3v) is 4.11. The second kappa shape index (κ2) is 6.37. The van der Waals surface area contributed by atoms with Gasteiger partial charge in [-0.05, 0) is 12.5 Å². The quantitative estimate of drug-likeness (QED) is 0.938. The van der Waals surface area contributed by atoms with Gasteiger partial charge in [-0.1, -0.05) is 31.2 Å². The summed E-state index contributed by atoms with van der Waals surface area (Å²) >= 11 is 0. The lowest BCUT2D eigenvalue weighted by molar-refractivity contribution is 0.0198. The maximum absolute atomic E-state index is 5.41. The van der Waals surface area contributed by atoms with Crippen molar-refractivity contribution < 1.29 is 4.74 Å². The molecule has 21 heavy (non-hydrogen) atoms. The Kier molecular flexibility index (Phi) is 4.31. The van der Waals surface area contributed by atoms with Crippen LogP contribution in [0.3, 0.4) is 0 Å². The molecular formula is C16H22N4O. The summed E-state index contributed by atoms with van der Waals surface area (Å²) in [6, 6.07) is 8.99. The van der Waals surface area contributed by atoms with Crippen LogP contribution in [0.5, 0.6) is 0 Å². The van der Waals surface area contributed by atoms with E-state index in [-0.39, 0.29) is 0 Å². The van der Waals surface area contributed by atoms with Gasteiger partial charge in [0.1, 0.15) is 5.82 Å². The summed E-state index contributed by atoms with van der Waals surface area (Å²) in [5.41, 5.74) is 2.38. The van der Waals surface area contributed by atoms with Crippen LogP contribution in [0.25, 0.3) is 11.4 Å². The van der Waals surface area contributed by atoms with Crippen LogP contribution in [0, 0.1) is 0 Å². The second-order valence-electron chi connectivity index (χ2n) is 5.41. The van der Waals surface area contributed by atoms with Crippen molar-refractivity contribution in [3.63, 3.8) is 0 Å². The Labute approximate surface area is 125 Å². The lowest BCUT2D eigenvalue weighted by atomic mass is 10.0. The zero-order valence-electron chi connectivity index (χ0n) is 12.7. The number of H-pyrrole nitrogens is 1. The molecule has 1 N–H and O–H groups in total. The van der Waals surface area contributed by atoms with Crippen LogP contribution < -0.4 is 0 Å². The van der Waals surface area contributed by atoms with Crippen molar-refractivity contribution >= 4 is 0 Å². The summed E-state index contributed by atoms with van der Waals surface area (Å²) in [5, 5.41) is 7.22. The first kappa shape index (κ1) is 14.2. The van der Waals surface area contributed by atoms with Crippen LogP contribution in [0.4, 0.5) is 0 Å². The van der Waals surface area contributed by atoms with Gasteiger partial charge in [0.2, 0.25) is 0 Å². The largest absolute Gasteiger partial charge is 0.379 e. The molecule has 0 unspecified atom stereocenters. The highest BCUT2D eigenvalue weighted by molar-refractivity contribution is 5.55. The van der Waals surface area contributed by atoms with Gasteiger partial charge in [-0.25, -0.2) is 4.98 Å². The minimum absolute atomic E-state index is 0.418. The smallest absolute Gasteiger partial charge is 0.181 e. The Morgan fingerprint density at radius 2 is 1.95 bits per heavy atom. The molecule has 1 aromatic carbocycles. The molecule has 0 aliphatic carbocycles. The van der Waals surface area contributed by atoms with Gasteiger partial charge >= 0.3 is 0 Å². The van der Waals surface area contributed by atoms with Crippen molar-refractivity contribution in [3.05, 3.63) is 35.7 Å². The van der Waals surface area contributed by atoms with Crippen molar-refractivity contribution in [2.45, 2.75) is 26.3 Å². The maximum Gasteiger partial charge on any atom is 0.181 e. The number of aromatic nitrogens is 3. The molecular weight excluding hydrogens is 264 g/mol. The Morgan fingerprint density at radius 1 is 1.24 bits per heavy atom. The average Bonchev–Trinajstić information content (AvgIpc) is 3.04. The number of hydrogen-bond acceptors (Lipinski definition) is 4. The SMILES string of the molecule is CCc1nc(-c2ccc([C@@H](C)N3CCOCC3)cc2)n[nH]1. The highest BCUT2D eigenvalue weighted by Gasteiger charge is 2.18. The Hall–Kier alpha value is -1.72. The van der Waals surface area contributed by atoms with Crippen LogP contribution in [0.15, 0.2) is 24.3 Å². The zero-order valence-corrected chi connectivity index (χ0v) is 12.7. The predicted molar refractivity (Wildman–Crippen MR) is 82.0 cm³/mol. The summed E-state index contributed by atoms with van der Waals surface area (Å²) < 4.78 is 5.41. The fourth-order valence-electron chi connectivity index (χ4n) is 2.67. The van der Waals surface area contributed by atoms with E-state index in [1.807, 2.05) is 0 Å². The Balaban J connectivity index is 1.73. The van der Waals surface area contributed by atoms with E-state index in [1.54, 1.807) is 0 Å². The Morgan fingerprint density at radius 3 is 2.57 bits per heavy atom. The third-order valence-electron chi connectivity index (χ3n) is 4.11. The van der Waals surface area contributed by atoms with E-state index in [4.69, 9.17) is 4.74 Å². The molecule has 1 aliphatic heterocycles. The molecule has 2 heterocycles. The molecule has 3 rings (SSSR count). The normalized spacial score (nSPS) is 17.8. The summed E-state index contributed by atoms with van der Waals surface area (Å²) in [5.74, 6) is 1.70. The molecule has 1 aliphatic rings. The molecule has 0 bridgehead atoms. The number of aryl methyl sites for hydroxylation is 1. The molecule has 1 fully saturated rings. The van der Waals surface area contributed by atoms with Gasteiger partial charge in [0, 0.05) is 31.1 Å². The number of benzene rings is 1. The fraction of sp³-hybridized carbons (Fsp3) is 0.500. The van der Waals surface area contributed by atoms with Gasteiger partial charge in [-0.2, -0.15) is 5.10 Å². The van der Waals surface area contributed by atoms with Crippen LogP contribution in [-0.4, -0.2) is 46.4 Å². The van der Waals surface area contributed by atoms with Gasteiger partial charge in [-0.3, -0.25) is 10.00 Å². The van der Waals surface area contributed by atoms with Crippen molar-refractivity contribution in [2.24, 2.45) is 0 Å². The van der Waals surface area contributed by atoms with Crippen LogP contribution in [0.2, 0.25) is 0 Å². The van der Waals surface area contributed by atoms with Crippen molar-refractivity contribution in [1.29, 1.82) is 0 Å². The van der Waals surface area contributed by atoms with Crippen LogP contribution in [-0.2, 0) is 11.2 Å². The van der Waals surface area contributed by atoms with Crippen molar-refractivity contribution in [1.82, 2.24) is 20.1 Å². The van der Waals surface area contributed by atoms with Gasteiger partial charge < -0.3 is 4.74 Å². The molecule has 2 aromatic rings. The van der Waals surface area contributed by atoms with Gasteiger partial charge in [0.15, 0.2) is 5.82 Å². The highest BCUT2D eigenvalue weighted by Crippen LogP contribution is 2.23. The minimum atomic E-state index is 0.418. The summed E-state index contributed by atoms with van der Waals surface area (Å²) in [6.45, 7) is 7.99. The molecule has 1 saturated heterocycles. The van der Waals surface area contributed by atoms with Gasteiger partial charge in [-0.15, -0.1) is 0 Å². The van der Waals surface area contributed by atoms with Crippen LogP contribution >= 0.6 is 0 Å². The summed E-state index contributed by atoms with van der Waals surface area (Å²) in [4.78, 5) is 6.93. The van der Waals surface area contributed by atoms with E-state index < -0.39 is 0 Å². The van der Waals surface area contributed by atoms with E-state index in [9.17, 15) is 0 Å². The number of nitrogens with zero attached hydrogens (tertiary/aromatic N) is 3. The van der Waals surface area contributed by atoms with E-state index >= 15 is 0 Å². The van der Waals surface area contributed by atoms with Crippen LogP contribution in [0.1, 0.15) is 31.3 Å². The lowest BCUT2D eigenvalue weighted by Crippen LogP contribution is -2.37. The number of ether oxygens (including phenoxy) is 1. The maximum atomic E-state index is 5.41. The standard InChI is InChI=1S/C16H22N4O/c1-3-15-17-16(19-18-15)14-6-4-13(5-7-14)12(2)20-8-10-21-11-9-20/h4-7,12H,3,8-11H2,1-2H3,(H,17,18,19)/t12-/m1/s1. The first-order valence-electron chi connectivity index (χ1n) is 7.61. The first-order valence-corrected chi connectivity index (χ1v) is 7.61. The summed E-state index contributed by atoms with van der Waals surface area (Å²) in [6.07, 6.45) is 0.874. The summed E-state index contributed by atoms with van der Waals surface area (Å²) in [7, 11) is 0. The lowest BCUT2D eigenvalue weighted by Gasteiger charge is -2.32. The zero-order chi connectivity index (χ0) is 14.7. The average molecular weight is 286 g/mol. The van der Waals surface area contributed by atoms with E-state index in [0.29, 0.717) is 6.04 Å². The van der Waals surface area contributed by atoms with Gasteiger partial charge in [0.05, 0.1) is 13.2 Å². The molecule has 5 heteroatoms. The predicted octanol–water partition coefficient (Wildman–Crippen LogP) is 2.43. The molecule has 5 nitrogen and oxygen atoms in total. The second-order valence-corrected chi connectivity index (χ2v) is 5.41. The van der Waals surface area contributed by atoms with E-state index in [2.05, 4.69) is 58.2 Å². The molecule has 0 saturated carbocycles. The Bertz CT molecular complexity index is 572. The number of hydrogen-bond donors (Lipinski definition) is 1. The minimum Gasteiger partial charge on any atom is -0.379 e. The molecule has 0 radical (unpaired) electrons. The topological polar surface area (TPSA) is 54.0 Å². The molecule has 1 aromatic heterocycles. The number of aromatic amines is 1. The number of nitrogens with one attached hydrogen (secondary N) is 1. The van der Waals surface area contributed by atoms with Crippen molar-refractivity contribution in [2.75, 3.05) is 26.3 Å². The van der Waals surface area contributed by atoms with Gasteiger partial charge in [0.25, 0.3) is 0 Å². The molecule has 1 atom stereocenters. The fourth-order valence-corrected chi connectivity index (χ4v) is 2.67. The monoisotopic (exact) mass is 286 g/mol. The third kappa shape index (κ3) is 3.14. The number of rotatable bonds is 4. The first-order chi connectivity index (χ1) is 10.3. The molecule has 112 valence electrons. The van der Waals surface area contributed by atoms with E-state index in [0.717, 1.165) is 49.9 Å². The van der Waals surface area contributed by atoms with Crippen molar-refractivity contribution in [3.8, 4) is 11.4 Å². The van der Waals surface area contributed by atoms with E-state index in [1.165, 1.54) is 5.56 Å². The number of morpholine rings is 1. The molecule has 0 spiro atoms. The highest BCUT2D eigenvalue weighted by atomic mass is 16.5.